The summed E-state index contributed by atoms with van der Waals surface area (Å²) in [5.74, 6) is 1.00. The Morgan fingerprint density at radius 3 is 2.68 bits per heavy atom. The highest BCUT2D eigenvalue weighted by atomic mass is 16.2. The van der Waals surface area contributed by atoms with E-state index in [1.54, 1.807) is 0 Å². The first-order chi connectivity index (χ1) is 9.20. The van der Waals surface area contributed by atoms with Gasteiger partial charge in [0.2, 0.25) is 5.91 Å². The molecule has 4 N–H and O–H groups in total. The Balaban J connectivity index is 1.84. The Kier molecular flexibility index (Phi) is 5.64. The number of carbonyl (C=O) groups excluding carboxylic acids is 1. The Bertz CT molecular complexity index is 289. The van der Waals surface area contributed by atoms with Crippen LogP contribution in [-0.4, -0.2) is 31.1 Å². The Morgan fingerprint density at radius 1 is 1.32 bits per heavy atom. The van der Waals surface area contributed by atoms with Crippen molar-refractivity contribution in [3.63, 3.8) is 0 Å². The number of hydrogen-bond donors (Lipinski definition) is 3. The zero-order chi connectivity index (χ0) is 13.7. The molecule has 4 heteroatoms. The highest BCUT2D eigenvalue weighted by molar-refractivity contribution is 5.79. The maximum atomic E-state index is 12.4. The zero-order valence-corrected chi connectivity index (χ0v) is 12.2. The highest BCUT2D eigenvalue weighted by Crippen LogP contribution is 2.26. The number of nitrogens with one attached hydrogen (secondary N) is 2. The van der Waals surface area contributed by atoms with E-state index < -0.39 is 0 Å². The molecule has 19 heavy (non-hydrogen) atoms. The second kappa shape index (κ2) is 7.25. The number of carbonyl (C=O) groups is 1. The first-order valence-corrected chi connectivity index (χ1v) is 7.94. The van der Waals surface area contributed by atoms with E-state index in [1.807, 2.05) is 0 Å². The lowest BCUT2D eigenvalue weighted by atomic mass is 9.83. The highest BCUT2D eigenvalue weighted by Gasteiger charge is 2.29. The molecule has 0 aromatic carbocycles. The third-order valence-electron chi connectivity index (χ3n) is 4.79. The smallest absolute Gasteiger partial charge is 0.223 e. The molecule has 1 unspecified atom stereocenters. The number of piperidine rings is 1. The summed E-state index contributed by atoms with van der Waals surface area (Å²) in [6.07, 6.45) is 8.29. The van der Waals surface area contributed by atoms with Crippen LogP contribution in [0.5, 0.6) is 0 Å². The molecule has 2 aliphatic rings. The number of hydrogen-bond acceptors (Lipinski definition) is 3. The van der Waals surface area contributed by atoms with Gasteiger partial charge in [0, 0.05) is 24.5 Å². The van der Waals surface area contributed by atoms with Crippen LogP contribution in [-0.2, 0) is 4.79 Å². The third-order valence-corrected chi connectivity index (χ3v) is 4.79. The first kappa shape index (κ1) is 14.8. The van der Waals surface area contributed by atoms with Crippen LogP contribution < -0.4 is 16.4 Å². The Labute approximate surface area is 116 Å². The fourth-order valence-electron chi connectivity index (χ4n) is 3.58. The van der Waals surface area contributed by atoms with Crippen molar-refractivity contribution in [3.05, 3.63) is 0 Å². The summed E-state index contributed by atoms with van der Waals surface area (Å²) < 4.78 is 0. The third kappa shape index (κ3) is 4.18. The number of rotatable bonds is 4. The monoisotopic (exact) mass is 267 g/mol. The van der Waals surface area contributed by atoms with Gasteiger partial charge < -0.3 is 16.4 Å². The van der Waals surface area contributed by atoms with E-state index in [1.165, 1.54) is 32.1 Å². The number of amides is 1. The summed E-state index contributed by atoms with van der Waals surface area (Å²) >= 11 is 0. The molecule has 1 aliphatic heterocycles. The van der Waals surface area contributed by atoms with Gasteiger partial charge in [-0.2, -0.15) is 0 Å². The van der Waals surface area contributed by atoms with Crippen LogP contribution in [0.3, 0.4) is 0 Å². The number of nitrogens with two attached hydrogens (primary N) is 1. The normalized spacial score (nSPS) is 30.8. The summed E-state index contributed by atoms with van der Waals surface area (Å²) in [6.45, 7) is 3.69. The van der Waals surface area contributed by atoms with Gasteiger partial charge in [-0.3, -0.25) is 4.79 Å². The van der Waals surface area contributed by atoms with Gasteiger partial charge in [0.1, 0.15) is 0 Å². The van der Waals surface area contributed by atoms with Crippen molar-refractivity contribution in [1.82, 2.24) is 10.6 Å². The maximum Gasteiger partial charge on any atom is 0.223 e. The van der Waals surface area contributed by atoms with Crippen LogP contribution in [0.2, 0.25) is 0 Å². The molecule has 0 aromatic heterocycles. The molecule has 4 nitrogen and oxygen atoms in total. The second-order valence-corrected chi connectivity index (χ2v) is 6.33. The van der Waals surface area contributed by atoms with E-state index in [-0.39, 0.29) is 17.9 Å². The lowest BCUT2D eigenvalue weighted by Gasteiger charge is -2.33. The molecule has 0 radical (unpaired) electrons. The van der Waals surface area contributed by atoms with Crippen molar-refractivity contribution < 1.29 is 4.79 Å². The van der Waals surface area contributed by atoms with Gasteiger partial charge in [0.05, 0.1) is 0 Å². The largest absolute Gasteiger partial charge is 0.352 e. The van der Waals surface area contributed by atoms with Gasteiger partial charge in [0.15, 0.2) is 0 Å². The summed E-state index contributed by atoms with van der Waals surface area (Å²) in [5.41, 5.74) is 5.88. The molecule has 1 amide bonds. The quantitative estimate of drug-likeness (QED) is 0.721. The van der Waals surface area contributed by atoms with Crippen molar-refractivity contribution in [2.24, 2.45) is 17.6 Å². The lowest BCUT2D eigenvalue weighted by molar-refractivity contribution is -0.127. The summed E-state index contributed by atoms with van der Waals surface area (Å²) in [5, 5.41) is 6.63. The standard InChI is InChI=1S/C15H29N3O/c1-11-9-13(7-8-17-11)15(19)18-14(10-16)12-5-3-2-4-6-12/h11-14,17H,2-10,16H2,1H3,(H,18,19)/t11-,13-,14?/m0/s1. The first-order valence-electron chi connectivity index (χ1n) is 7.94. The van der Waals surface area contributed by atoms with Crippen LogP contribution in [0, 0.1) is 11.8 Å². The second-order valence-electron chi connectivity index (χ2n) is 6.33. The van der Waals surface area contributed by atoms with Gasteiger partial charge in [-0.1, -0.05) is 19.3 Å². The SMILES string of the molecule is C[C@H]1C[C@@H](C(=O)NC(CN)C2CCCCC2)CCN1. The van der Waals surface area contributed by atoms with Gasteiger partial charge in [-0.25, -0.2) is 0 Å². The van der Waals surface area contributed by atoms with Crippen molar-refractivity contribution in [1.29, 1.82) is 0 Å². The molecule has 3 atom stereocenters. The van der Waals surface area contributed by atoms with Crippen molar-refractivity contribution in [2.75, 3.05) is 13.1 Å². The predicted molar refractivity (Wildman–Crippen MR) is 77.7 cm³/mol. The minimum absolute atomic E-state index is 0.175. The van der Waals surface area contributed by atoms with Gasteiger partial charge in [-0.15, -0.1) is 0 Å². The molecule has 2 fully saturated rings. The minimum Gasteiger partial charge on any atom is -0.352 e. The van der Waals surface area contributed by atoms with Gasteiger partial charge >= 0.3 is 0 Å². The molecule has 1 saturated carbocycles. The van der Waals surface area contributed by atoms with Crippen LogP contribution in [0.1, 0.15) is 51.9 Å². The van der Waals surface area contributed by atoms with Crippen molar-refractivity contribution >= 4 is 5.91 Å². The summed E-state index contributed by atoms with van der Waals surface area (Å²) in [7, 11) is 0. The van der Waals surface area contributed by atoms with Crippen LogP contribution in [0.4, 0.5) is 0 Å². The molecule has 0 bridgehead atoms. The maximum absolute atomic E-state index is 12.4. The molecular weight excluding hydrogens is 238 g/mol. The molecule has 1 aliphatic carbocycles. The minimum atomic E-state index is 0.175. The molecule has 1 heterocycles. The average Bonchev–Trinajstić information content (AvgIpc) is 2.45. The average molecular weight is 267 g/mol. The molecule has 2 rings (SSSR count). The van der Waals surface area contributed by atoms with E-state index >= 15 is 0 Å². The molecule has 0 aromatic rings. The van der Waals surface area contributed by atoms with Gasteiger partial charge in [0.25, 0.3) is 0 Å². The zero-order valence-electron chi connectivity index (χ0n) is 12.2. The Morgan fingerprint density at radius 2 is 2.05 bits per heavy atom. The molecule has 0 spiro atoms. The van der Waals surface area contributed by atoms with E-state index in [9.17, 15) is 4.79 Å². The van der Waals surface area contributed by atoms with E-state index in [0.717, 1.165) is 19.4 Å². The van der Waals surface area contributed by atoms with Crippen LogP contribution in [0.25, 0.3) is 0 Å². The van der Waals surface area contributed by atoms with Crippen LogP contribution >= 0.6 is 0 Å². The van der Waals surface area contributed by atoms with Crippen molar-refractivity contribution in [2.45, 2.75) is 64.0 Å². The molecule has 1 saturated heterocycles. The van der Waals surface area contributed by atoms with E-state index in [4.69, 9.17) is 5.73 Å². The van der Waals surface area contributed by atoms with Crippen LogP contribution in [0.15, 0.2) is 0 Å². The topological polar surface area (TPSA) is 67.2 Å². The summed E-state index contributed by atoms with van der Waals surface area (Å²) in [6, 6.07) is 0.647. The fraction of sp³-hybridized carbons (Fsp3) is 0.933. The van der Waals surface area contributed by atoms with E-state index in [0.29, 0.717) is 18.5 Å². The van der Waals surface area contributed by atoms with Gasteiger partial charge in [-0.05, 0) is 45.1 Å². The Hall–Kier alpha value is -0.610. The molecule has 110 valence electrons. The molecular formula is C15H29N3O. The van der Waals surface area contributed by atoms with Crippen molar-refractivity contribution in [3.8, 4) is 0 Å². The predicted octanol–water partition coefficient (Wildman–Crippen LogP) is 1.40. The summed E-state index contributed by atoms with van der Waals surface area (Å²) in [4.78, 5) is 12.4. The fourth-order valence-corrected chi connectivity index (χ4v) is 3.58. The van der Waals surface area contributed by atoms with E-state index in [2.05, 4.69) is 17.6 Å². The lowest BCUT2D eigenvalue weighted by Crippen LogP contribution is -2.50.